The van der Waals surface area contributed by atoms with Gasteiger partial charge in [-0.1, -0.05) is 15.9 Å². The van der Waals surface area contributed by atoms with Crippen molar-refractivity contribution in [2.45, 2.75) is 6.42 Å². The molecule has 0 radical (unpaired) electrons. The molecule has 0 aromatic heterocycles. The number of benzene rings is 1. The maximum absolute atomic E-state index is 10.5. The summed E-state index contributed by atoms with van der Waals surface area (Å²) in [5, 5.41) is 26.6. The lowest BCUT2D eigenvalue weighted by Crippen LogP contribution is -2.02. The van der Waals surface area contributed by atoms with Crippen molar-refractivity contribution >= 4 is 21.9 Å². The summed E-state index contributed by atoms with van der Waals surface area (Å²) < 4.78 is 0.547. The minimum Gasteiger partial charge on any atom is -0.507 e. The number of aliphatic carboxylic acids is 1. The van der Waals surface area contributed by atoms with E-state index >= 15 is 0 Å². The van der Waals surface area contributed by atoms with Gasteiger partial charge in [0.1, 0.15) is 11.8 Å². The minimum absolute atomic E-state index is 0.00981. The van der Waals surface area contributed by atoms with Crippen LogP contribution in [0.25, 0.3) is 0 Å². The fourth-order valence-electron chi connectivity index (χ4n) is 1.08. The summed E-state index contributed by atoms with van der Waals surface area (Å²) in [6.07, 6.45) is -0.282. The molecule has 5 heteroatoms. The summed E-state index contributed by atoms with van der Waals surface area (Å²) in [4.78, 5) is 10.5. The highest BCUT2D eigenvalue weighted by Crippen LogP contribution is 2.26. The molecule has 0 aliphatic heterocycles. The lowest BCUT2D eigenvalue weighted by atomic mass is 10.0. The molecule has 0 amide bonds. The van der Waals surface area contributed by atoms with Crippen LogP contribution in [0.4, 0.5) is 0 Å². The SMILES string of the molecule is N#Cc1c(O)cc(Br)cc1CC(=O)O. The number of nitrogens with zero attached hydrogens (tertiary/aromatic N) is 1. The molecule has 0 fully saturated rings. The first kappa shape index (κ1) is 10.5. The zero-order valence-corrected chi connectivity index (χ0v) is 8.58. The van der Waals surface area contributed by atoms with E-state index in [1.807, 2.05) is 0 Å². The van der Waals surface area contributed by atoms with Gasteiger partial charge >= 0.3 is 5.97 Å². The Bertz CT molecular complexity index is 423. The van der Waals surface area contributed by atoms with Crippen molar-refractivity contribution in [3.8, 4) is 11.8 Å². The molecule has 1 aromatic rings. The van der Waals surface area contributed by atoms with E-state index in [4.69, 9.17) is 10.4 Å². The number of rotatable bonds is 2. The molecule has 0 bridgehead atoms. The van der Waals surface area contributed by atoms with Crippen LogP contribution in [0.1, 0.15) is 11.1 Å². The first-order chi connectivity index (χ1) is 6.54. The number of hydrogen-bond donors (Lipinski definition) is 2. The van der Waals surface area contributed by atoms with Gasteiger partial charge in [-0.15, -0.1) is 0 Å². The topological polar surface area (TPSA) is 81.3 Å². The number of hydrogen-bond acceptors (Lipinski definition) is 3. The molecule has 0 aliphatic rings. The van der Waals surface area contributed by atoms with Crippen molar-refractivity contribution in [2.24, 2.45) is 0 Å². The number of nitriles is 1. The average molecular weight is 256 g/mol. The summed E-state index contributed by atoms with van der Waals surface area (Å²) in [5.41, 5.74) is 0.308. The van der Waals surface area contributed by atoms with E-state index in [0.29, 0.717) is 10.0 Å². The Kier molecular flexibility index (Phi) is 3.10. The van der Waals surface area contributed by atoms with Crippen molar-refractivity contribution in [3.63, 3.8) is 0 Å². The fourth-order valence-corrected chi connectivity index (χ4v) is 1.57. The molecule has 0 unspecified atom stereocenters. The first-order valence-corrected chi connectivity index (χ1v) is 4.47. The van der Waals surface area contributed by atoms with Gasteiger partial charge in [0, 0.05) is 4.47 Å². The highest BCUT2D eigenvalue weighted by Gasteiger charge is 2.11. The second-order valence-corrected chi connectivity index (χ2v) is 3.56. The smallest absolute Gasteiger partial charge is 0.307 e. The molecule has 14 heavy (non-hydrogen) atoms. The van der Waals surface area contributed by atoms with E-state index < -0.39 is 5.97 Å². The second kappa shape index (κ2) is 4.11. The quantitative estimate of drug-likeness (QED) is 0.842. The monoisotopic (exact) mass is 255 g/mol. The van der Waals surface area contributed by atoms with Gasteiger partial charge < -0.3 is 10.2 Å². The van der Waals surface area contributed by atoms with Crippen LogP contribution in [0.2, 0.25) is 0 Å². The Balaban J connectivity index is 3.26. The number of phenolic OH excluding ortho intramolecular Hbond substituents is 1. The summed E-state index contributed by atoms with van der Waals surface area (Å²) in [6, 6.07) is 4.62. The van der Waals surface area contributed by atoms with Gasteiger partial charge in [0.25, 0.3) is 0 Å². The molecule has 0 atom stereocenters. The normalized spacial score (nSPS) is 9.43. The average Bonchev–Trinajstić information content (AvgIpc) is 2.01. The maximum Gasteiger partial charge on any atom is 0.307 e. The number of aromatic hydroxyl groups is 1. The molecule has 2 N–H and O–H groups in total. The third kappa shape index (κ3) is 2.24. The number of carbonyl (C=O) groups is 1. The van der Waals surface area contributed by atoms with Crippen molar-refractivity contribution in [3.05, 3.63) is 27.7 Å². The molecule has 72 valence electrons. The first-order valence-electron chi connectivity index (χ1n) is 3.68. The fraction of sp³-hybridized carbons (Fsp3) is 0.111. The van der Waals surface area contributed by atoms with Crippen LogP contribution in [0.5, 0.6) is 5.75 Å². The van der Waals surface area contributed by atoms with Crippen LogP contribution >= 0.6 is 15.9 Å². The van der Waals surface area contributed by atoms with E-state index in [1.54, 1.807) is 6.07 Å². The molecular weight excluding hydrogens is 250 g/mol. The van der Waals surface area contributed by atoms with Gasteiger partial charge in [0.2, 0.25) is 0 Å². The lowest BCUT2D eigenvalue weighted by Gasteiger charge is -2.03. The Morgan fingerprint density at radius 2 is 2.21 bits per heavy atom. The van der Waals surface area contributed by atoms with Gasteiger partial charge in [-0.05, 0) is 17.7 Å². The highest BCUT2D eigenvalue weighted by atomic mass is 79.9. The molecule has 0 saturated heterocycles. The van der Waals surface area contributed by atoms with E-state index in [0.717, 1.165) is 0 Å². The Morgan fingerprint density at radius 1 is 1.57 bits per heavy atom. The van der Waals surface area contributed by atoms with Crippen LogP contribution in [0.15, 0.2) is 16.6 Å². The minimum atomic E-state index is -1.04. The Morgan fingerprint density at radius 3 is 2.71 bits per heavy atom. The molecule has 1 rings (SSSR count). The number of carboxylic acid groups (broad SMARTS) is 1. The Labute approximate surface area is 88.5 Å². The standard InChI is InChI=1S/C9H6BrNO3/c10-6-1-5(2-9(13)14)7(4-11)8(12)3-6/h1,3,12H,2H2,(H,13,14). The van der Waals surface area contributed by atoms with Crippen molar-refractivity contribution in [1.82, 2.24) is 0 Å². The molecule has 0 saturated carbocycles. The molecule has 0 aliphatic carbocycles. The van der Waals surface area contributed by atoms with Gasteiger partial charge in [0.15, 0.2) is 0 Å². The lowest BCUT2D eigenvalue weighted by molar-refractivity contribution is -0.136. The summed E-state index contributed by atoms with van der Waals surface area (Å²) in [7, 11) is 0. The number of halogens is 1. The molecule has 0 heterocycles. The van der Waals surface area contributed by atoms with Crippen molar-refractivity contribution in [2.75, 3.05) is 0 Å². The molecule has 1 aromatic carbocycles. The van der Waals surface area contributed by atoms with Gasteiger partial charge in [-0.25, -0.2) is 0 Å². The number of carboxylic acids is 1. The maximum atomic E-state index is 10.5. The predicted molar refractivity (Wildman–Crippen MR) is 51.9 cm³/mol. The van der Waals surface area contributed by atoms with Crippen LogP contribution < -0.4 is 0 Å². The molecule has 4 nitrogen and oxygen atoms in total. The summed E-state index contributed by atoms with van der Waals surface area (Å²) in [6.45, 7) is 0. The van der Waals surface area contributed by atoms with Crippen LogP contribution in [0, 0.1) is 11.3 Å². The zero-order chi connectivity index (χ0) is 10.7. The van der Waals surface area contributed by atoms with Crippen LogP contribution in [-0.4, -0.2) is 16.2 Å². The highest BCUT2D eigenvalue weighted by molar-refractivity contribution is 9.10. The van der Waals surface area contributed by atoms with E-state index in [-0.39, 0.29) is 17.7 Å². The third-order valence-electron chi connectivity index (χ3n) is 1.62. The largest absolute Gasteiger partial charge is 0.507 e. The van der Waals surface area contributed by atoms with Crippen LogP contribution in [0.3, 0.4) is 0 Å². The Hall–Kier alpha value is -1.54. The second-order valence-electron chi connectivity index (χ2n) is 2.64. The molecule has 0 spiro atoms. The third-order valence-corrected chi connectivity index (χ3v) is 2.08. The zero-order valence-electron chi connectivity index (χ0n) is 6.99. The van der Waals surface area contributed by atoms with E-state index in [9.17, 15) is 9.90 Å². The van der Waals surface area contributed by atoms with Crippen LogP contribution in [-0.2, 0) is 11.2 Å². The van der Waals surface area contributed by atoms with E-state index in [2.05, 4.69) is 15.9 Å². The summed E-state index contributed by atoms with van der Waals surface area (Å²) in [5.74, 6) is -1.25. The van der Waals surface area contributed by atoms with Crippen molar-refractivity contribution in [1.29, 1.82) is 5.26 Å². The van der Waals surface area contributed by atoms with Crippen molar-refractivity contribution < 1.29 is 15.0 Å². The molecular formula is C9H6BrNO3. The number of phenols is 1. The van der Waals surface area contributed by atoms with Gasteiger partial charge in [-0.2, -0.15) is 5.26 Å². The van der Waals surface area contributed by atoms with E-state index in [1.165, 1.54) is 12.1 Å². The predicted octanol–water partition coefficient (Wildman–Crippen LogP) is 1.65. The summed E-state index contributed by atoms with van der Waals surface area (Å²) >= 11 is 3.10. The van der Waals surface area contributed by atoms with Gasteiger partial charge in [-0.3, -0.25) is 4.79 Å². The van der Waals surface area contributed by atoms with Gasteiger partial charge in [0.05, 0.1) is 12.0 Å².